The zero-order valence-electron chi connectivity index (χ0n) is 15.0. The monoisotopic (exact) mass is 452 g/mol. The van der Waals surface area contributed by atoms with Crippen molar-refractivity contribution in [3.63, 3.8) is 0 Å². The lowest BCUT2D eigenvalue weighted by Crippen LogP contribution is -2.44. The minimum Gasteiger partial charge on any atom is -0.389 e. The Hall–Kier alpha value is -2.12. The number of aliphatic hydroxyl groups excluding tert-OH is 1. The van der Waals surface area contributed by atoms with E-state index >= 15 is 0 Å². The summed E-state index contributed by atoms with van der Waals surface area (Å²) >= 11 is 2.28. The van der Waals surface area contributed by atoms with Crippen LogP contribution in [0.4, 0.5) is 22.7 Å². The number of alkyl halides is 4. The molecule has 3 rings (SSSR count). The van der Waals surface area contributed by atoms with Gasteiger partial charge in [0.05, 0.1) is 28.8 Å². The first-order valence-corrected chi connectivity index (χ1v) is 10.1. The van der Waals surface area contributed by atoms with Gasteiger partial charge in [-0.3, -0.25) is 9.59 Å². The minimum absolute atomic E-state index is 0.131. The smallest absolute Gasteiger partial charge is 0.389 e. The van der Waals surface area contributed by atoms with Gasteiger partial charge in [-0.05, 0) is 13.3 Å². The summed E-state index contributed by atoms with van der Waals surface area (Å²) in [5.74, 6) is -3.90. The molecule has 0 saturated carbocycles. The van der Waals surface area contributed by atoms with Crippen molar-refractivity contribution in [2.24, 2.45) is 5.92 Å². The van der Waals surface area contributed by atoms with E-state index in [2.05, 4.69) is 15.3 Å². The molecule has 7 nitrogen and oxygen atoms in total. The highest BCUT2D eigenvalue weighted by Gasteiger charge is 2.50. The summed E-state index contributed by atoms with van der Waals surface area (Å²) < 4.78 is 51.8. The molecule has 0 aliphatic carbocycles. The number of nitrogens with one attached hydrogen (secondary N) is 1. The van der Waals surface area contributed by atoms with Crippen molar-refractivity contribution >= 4 is 39.6 Å². The van der Waals surface area contributed by atoms with Gasteiger partial charge in [0.15, 0.2) is 11.8 Å². The van der Waals surface area contributed by atoms with E-state index < -0.39 is 49.6 Å². The summed E-state index contributed by atoms with van der Waals surface area (Å²) in [5.41, 5.74) is 1.14. The zero-order chi connectivity index (χ0) is 21.3. The first kappa shape index (κ1) is 21.6. The highest BCUT2D eigenvalue weighted by molar-refractivity contribution is 7.17. The quantitative estimate of drug-likeness (QED) is 0.681. The van der Waals surface area contributed by atoms with Crippen LogP contribution in [0.25, 0.3) is 10.6 Å². The molecule has 1 saturated heterocycles. The molecule has 2 amide bonds. The Morgan fingerprint density at radius 2 is 2.10 bits per heavy atom. The Morgan fingerprint density at radius 3 is 2.69 bits per heavy atom. The molecule has 0 bridgehead atoms. The third kappa shape index (κ3) is 4.56. The van der Waals surface area contributed by atoms with Crippen LogP contribution in [0.2, 0.25) is 0 Å². The Labute approximate surface area is 170 Å². The van der Waals surface area contributed by atoms with Gasteiger partial charge in [-0.25, -0.2) is 14.4 Å². The number of carbonyl (C=O) groups excluding carboxylic acids is 2. The zero-order valence-corrected chi connectivity index (χ0v) is 16.6. The largest absolute Gasteiger partial charge is 0.393 e. The predicted molar refractivity (Wildman–Crippen MR) is 98.1 cm³/mol. The standard InChI is InChI=1S/C16H16F4N4O3S2/c1-7-13(29-11(5-25)21-7)9-6-28-15(22-9)23-14(27)10-2-8(16(18,19)20)4-24(10)12(26)3-17/h6,8,10,25H,2-5H2,1H3,(H,22,23,27)/t8-,10?/m0/s1. The molecule has 0 spiro atoms. The van der Waals surface area contributed by atoms with Crippen molar-refractivity contribution in [1.82, 2.24) is 14.9 Å². The van der Waals surface area contributed by atoms with Gasteiger partial charge in [-0.15, -0.1) is 22.7 Å². The summed E-state index contributed by atoms with van der Waals surface area (Å²) in [6, 6.07) is -1.43. The molecule has 2 aromatic heterocycles. The maximum absolute atomic E-state index is 13.0. The van der Waals surface area contributed by atoms with E-state index in [9.17, 15) is 32.3 Å². The fraction of sp³-hybridized carbons (Fsp3) is 0.500. The topological polar surface area (TPSA) is 95.4 Å². The number of likely N-dealkylation sites (tertiary alicyclic amines) is 1. The van der Waals surface area contributed by atoms with E-state index in [4.69, 9.17) is 0 Å². The molecule has 13 heteroatoms. The van der Waals surface area contributed by atoms with Gasteiger partial charge in [0.25, 0.3) is 5.91 Å². The second kappa shape index (κ2) is 8.32. The van der Waals surface area contributed by atoms with Gasteiger partial charge in [0.2, 0.25) is 5.91 Å². The molecule has 0 radical (unpaired) electrons. The van der Waals surface area contributed by atoms with E-state index in [0.29, 0.717) is 26.2 Å². The third-order valence-corrected chi connectivity index (χ3v) is 6.37. The number of amides is 2. The number of hydrogen-bond donors (Lipinski definition) is 2. The molecular formula is C16H16F4N4O3S2. The molecule has 2 N–H and O–H groups in total. The van der Waals surface area contributed by atoms with Crippen molar-refractivity contribution in [2.45, 2.75) is 32.2 Å². The highest BCUT2D eigenvalue weighted by Crippen LogP contribution is 2.37. The molecule has 2 atom stereocenters. The number of halogens is 4. The second-order valence-electron chi connectivity index (χ2n) is 6.38. The molecule has 1 unspecified atom stereocenters. The Kier molecular flexibility index (Phi) is 6.19. The summed E-state index contributed by atoms with van der Waals surface area (Å²) in [6.07, 6.45) is -5.22. The van der Waals surface area contributed by atoms with Crippen molar-refractivity contribution < 1.29 is 32.3 Å². The maximum atomic E-state index is 13.0. The second-order valence-corrected chi connectivity index (χ2v) is 8.32. The lowest BCUT2D eigenvalue weighted by Gasteiger charge is -2.22. The molecule has 2 aromatic rings. The van der Waals surface area contributed by atoms with Crippen LogP contribution in [-0.2, 0) is 16.2 Å². The van der Waals surface area contributed by atoms with Gasteiger partial charge >= 0.3 is 6.18 Å². The normalized spacial score (nSPS) is 19.6. The van der Waals surface area contributed by atoms with Gasteiger partial charge in [-0.2, -0.15) is 13.2 Å². The summed E-state index contributed by atoms with van der Waals surface area (Å²) in [5, 5.41) is 13.9. The highest BCUT2D eigenvalue weighted by atomic mass is 32.1. The van der Waals surface area contributed by atoms with Gasteiger partial charge in [0.1, 0.15) is 11.0 Å². The average Bonchev–Trinajstić information content (AvgIpc) is 3.37. The molecule has 0 aromatic carbocycles. The number of anilines is 1. The first-order chi connectivity index (χ1) is 13.6. The number of rotatable bonds is 5. The molecular weight excluding hydrogens is 436 g/mol. The van der Waals surface area contributed by atoms with Gasteiger partial charge in [-0.1, -0.05) is 0 Å². The molecule has 1 aliphatic rings. The van der Waals surface area contributed by atoms with E-state index in [-0.39, 0.29) is 11.7 Å². The molecule has 158 valence electrons. The van der Waals surface area contributed by atoms with Gasteiger partial charge < -0.3 is 15.3 Å². The van der Waals surface area contributed by atoms with E-state index in [0.717, 1.165) is 11.3 Å². The van der Waals surface area contributed by atoms with Crippen LogP contribution in [0.5, 0.6) is 0 Å². The number of aromatic nitrogens is 2. The van der Waals surface area contributed by atoms with Crippen LogP contribution in [0.15, 0.2) is 5.38 Å². The molecule has 1 fully saturated rings. The lowest BCUT2D eigenvalue weighted by molar-refractivity contribution is -0.171. The number of aryl methyl sites for hydroxylation is 1. The summed E-state index contributed by atoms with van der Waals surface area (Å²) in [4.78, 5) is 33.9. The van der Waals surface area contributed by atoms with Crippen molar-refractivity contribution in [2.75, 3.05) is 18.5 Å². The lowest BCUT2D eigenvalue weighted by atomic mass is 10.1. The maximum Gasteiger partial charge on any atom is 0.393 e. The van der Waals surface area contributed by atoms with Crippen LogP contribution in [0.1, 0.15) is 17.1 Å². The number of aliphatic hydroxyl groups is 1. The summed E-state index contributed by atoms with van der Waals surface area (Å²) in [7, 11) is 0. The van der Waals surface area contributed by atoms with Crippen molar-refractivity contribution in [1.29, 1.82) is 0 Å². The van der Waals surface area contributed by atoms with Gasteiger partial charge in [0, 0.05) is 11.9 Å². The number of hydrogen-bond acceptors (Lipinski definition) is 7. The van der Waals surface area contributed by atoms with E-state index in [1.165, 1.54) is 11.3 Å². The average molecular weight is 452 g/mol. The van der Waals surface area contributed by atoms with Crippen LogP contribution in [0, 0.1) is 12.8 Å². The van der Waals surface area contributed by atoms with Crippen LogP contribution in [0.3, 0.4) is 0 Å². The van der Waals surface area contributed by atoms with Crippen LogP contribution >= 0.6 is 22.7 Å². The minimum atomic E-state index is -4.59. The summed E-state index contributed by atoms with van der Waals surface area (Å²) in [6.45, 7) is -0.719. The third-order valence-electron chi connectivity index (χ3n) is 4.44. The van der Waals surface area contributed by atoms with E-state index in [1.807, 2.05) is 0 Å². The molecule has 29 heavy (non-hydrogen) atoms. The van der Waals surface area contributed by atoms with Crippen LogP contribution in [-0.4, -0.2) is 57.2 Å². The van der Waals surface area contributed by atoms with Crippen molar-refractivity contribution in [3.05, 3.63) is 16.1 Å². The number of carbonyl (C=O) groups is 2. The first-order valence-electron chi connectivity index (χ1n) is 8.40. The van der Waals surface area contributed by atoms with E-state index in [1.54, 1.807) is 12.3 Å². The van der Waals surface area contributed by atoms with Crippen LogP contribution < -0.4 is 5.32 Å². The fourth-order valence-corrected chi connectivity index (χ4v) is 4.72. The Morgan fingerprint density at radius 1 is 1.38 bits per heavy atom. The molecule has 3 heterocycles. The fourth-order valence-electron chi connectivity index (χ4n) is 3.06. The number of nitrogens with zero attached hydrogens (tertiary/aromatic N) is 3. The SMILES string of the molecule is Cc1nc(CO)sc1-c1csc(NC(=O)C2C[C@H](C(F)(F)F)CN2C(=O)CF)n1. The van der Waals surface area contributed by atoms with Crippen molar-refractivity contribution in [3.8, 4) is 10.6 Å². The Balaban J connectivity index is 1.76. The Bertz CT molecular complexity index is 914. The molecule has 1 aliphatic heterocycles. The number of thiazole rings is 2. The predicted octanol–water partition coefficient (Wildman–Crippen LogP) is 2.75.